The number of urea groups is 1. The number of rotatable bonds is 4. The predicted molar refractivity (Wildman–Crippen MR) is 98.2 cm³/mol. The van der Waals surface area contributed by atoms with Gasteiger partial charge in [0.2, 0.25) is 5.91 Å². The van der Waals surface area contributed by atoms with E-state index in [-0.39, 0.29) is 37.1 Å². The molecular formula is C15H13Cl4N3O4. The lowest BCUT2D eigenvalue weighted by Crippen LogP contribution is -2.46. The number of carbonyl (C=O) groups excluding carboxylic acids is 4. The van der Waals surface area contributed by atoms with Crippen molar-refractivity contribution in [2.24, 2.45) is 5.92 Å². The monoisotopic (exact) mass is 439 g/mol. The van der Waals surface area contributed by atoms with Crippen molar-refractivity contribution in [1.29, 1.82) is 0 Å². The van der Waals surface area contributed by atoms with E-state index >= 15 is 0 Å². The van der Waals surface area contributed by atoms with Crippen molar-refractivity contribution in [2.45, 2.75) is 13.8 Å². The van der Waals surface area contributed by atoms with E-state index in [0.717, 1.165) is 0 Å². The van der Waals surface area contributed by atoms with Crippen molar-refractivity contribution in [2.75, 3.05) is 13.1 Å². The fraction of sp³-hybridized carbons (Fsp3) is 0.333. The Balaban J connectivity index is 2.18. The zero-order chi connectivity index (χ0) is 19.8. The second-order valence-electron chi connectivity index (χ2n) is 5.85. The van der Waals surface area contributed by atoms with Crippen molar-refractivity contribution in [3.8, 4) is 0 Å². The molecule has 2 rings (SSSR count). The molecule has 5 amide bonds. The van der Waals surface area contributed by atoms with Gasteiger partial charge >= 0.3 is 6.03 Å². The van der Waals surface area contributed by atoms with Gasteiger partial charge < -0.3 is 5.32 Å². The minimum atomic E-state index is -0.856. The Morgan fingerprint density at radius 1 is 0.923 bits per heavy atom. The molecule has 0 aliphatic carbocycles. The number of halogens is 4. The molecule has 0 spiro atoms. The van der Waals surface area contributed by atoms with Crippen LogP contribution in [0.5, 0.6) is 0 Å². The zero-order valence-electron chi connectivity index (χ0n) is 13.6. The van der Waals surface area contributed by atoms with Crippen LogP contribution >= 0.6 is 46.4 Å². The highest BCUT2D eigenvalue weighted by Gasteiger charge is 2.42. The predicted octanol–water partition coefficient (Wildman–Crippen LogP) is 3.38. The summed E-state index contributed by atoms with van der Waals surface area (Å²) < 4.78 is 0. The van der Waals surface area contributed by atoms with Crippen LogP contribution in [0.2, 0.25) is 20.1 Å². The Hall–Kier alpha value is -1.54. The van der Waals surface area contributed by atoms with Gasteiger partial charge in [0.05, 0.1) is 31.2 Å². The molecule has 2 N–H and O–H groups in total. The molecule has 26 heavy (non-hydrogen) atoms. The molecule has 7 nitrogen and oxygen atoms in total. The second kappa shape index (κ2) is 8.00. The van der Waals surface area contributed by atoms with E-state index < -0.39 is 30.3 Å². The number of carbonyl (C=O) groups is 4. The quantitative estimate of drug-likeness (QED) is 0.426. The molecule has 0 unspecified atom stereocenters. The van der Waals surface area contributed by atoms with E-state index in [1.54, 1.807) is 0 Å². The number of imide groups is 2. The third kappa shape index (κ3) is 3.91. The standard InChI is InChI=1S/C15H13Cl4N3O4/c1-5(2)3-20-15(26)21-6(23)4-22-13(24)7-8(14(22)25)10(17)12(19)11(18)9(7)16/h5H,3-4H2,1-2H3,(H2,20,21,23,26). The van der Waals surface area contributed by atoms with Crippen LogP contribution in [0.4, 0.5) is 4.79 Å². The minimum Gasteiger partial charge on any atom is -0.338 e. The molecule has 1 aliphatic rings. The first-order valence-electron chi connectivity index (χ1n) is 7.36. The van der Waals surface area contributed by atoms with Crippen LogP contribution in [-0.4, -0.2) is 41.7 Å². The zero-order valence-corrected chi connectivity index (χ0v) is 16.6. The van der Waals surface area contributed by atoms with Crippen LogP contribution in [0.1, 0.15) is 34.6 Å². The first kappa shape index (κ1) is 20.8. The van der Waals surface area contributed by atoms with Gasteiger partial charge in [0.1, 0.15) is 6.54 Å². The third-order valence-corrected chi connectivity index (χ3v) is 5.21. The topological polar surface area (TPSA) is 95.6 Å². The Kier molecular flexibility index (Phi) is 6.39. The summed E-state index contributed by atoms with van der Waals surface area (Å²) in [5.74, 6) is -2.38. The number of fused-ring (bicyclic) bond motifs is 1. The van der Waals surface area contributed by atoms with Gasteiger partial charge in [0.25, 0.3) is 11.8 Å². The van der Waals surface area contributed by atoms with E-state index in [2.05, 4.69) is 5.32 Å². The fourth-order valence-corrected chi connectivity index (χ4v) is 3.20. The molecule has 11 heteroatoms. The summed E-state index contributed by atoms with van der Waals surface area (Å²) in [7, 11) is 0. The van der Waals surface area contributed by atoms with Crippen molar-refractivity contribution in [3.63, 3.8) is 0 Å². The average molecular weight is 441 g/mol. The first-order chi connectivity index (χ1) is 12.1. The molecule has 1 aliphatic heterocycles. The molecule has 0 atom stereocenters. The molecule has 140 valence electrons. The molecular weight excluding hydrogens is 428 g/mol. The maximum atomic E-state index is 12.5. The van der Waals surface area contributed by atoms with Crippen molar-refractivity contribution in [1.82, 2.24) is 15.5 Å². The van der Waals surface area contributed by atoms with Crippen LogP contribution in [0.15, 0.2) is 0 Å². The number of benzene rings is 1. The molecule has 0 aromatic heterocycles. The number of nitrogens with one attached hydrogen (secondary N) is 2. The van der Waals surface area contributed by atoms with Crippen molar-refractivity contribution >= 4 is 70.2 Å². The molecule has 0 saturated heterocycles. The first-order valence-corrected chi connectivity index (χ1v) is 8.87. The molecule has 1 heterocycles. The van der Waals surface area contributed by atoms with Crippen molar-refractivity contribution < 1.29 is 19.2 Å². The van der Waals surface area contributed by atoms with Crippen LogP contribution in [0.25, 0.3) is 0 Å². The van der Waals surface area contributed by atoms with Crippen LogP contribution < -0.4 is 10.6 Å². The number of nitrogens with zero attached hydrogens (tertiary/aromatic N) is 1. The Morgan fingerprint density at radius 3 is 1.81 bits per heavy atom. The minimum absolute atomic E-state index is 0.169. The number of hydrogen-bond acceptors (Lipinski definition) is 4. The summed E-state index contributed by atoms with van der Waals surface area (Å²) in [5, 5.41) is 3.71. The summed E-state index contributed by atoms with van der Waals surface area (Å²) in [4.78, 5) is 49.1. The average Bonchev–Trinajstić information content (AvgIpc) is 2.81. The molecule has 1 aromatic rings. The lowest BCUT2D eigenvalue weighted by atomic mass is 10.1. The highest BCUT2D eigenvalue weighted by Crippen LogP contribution is 2.44. The second-order valence-corrected chi connectivity index (χ2v) is 7.37. The van der Waals surface area contributed by atoms with Gasteiger partial charge in [-0.2, -0.15) is 0 Å². The number of hydrogen-bond donors (Lipinski definition) is 2. The van der Waals surface area contributed by atoms with E-state index in [1.807, 2.05) is 19.2 Å². The van der Waals surface area contributed by atoms with Gasteiger partial charge in [-0.3, -0.25) is 24.6 Å². The van der Waals surface area contributed by atoms with Gasteiger partial charge in [-0.05, 0) is 5.92 Å². The van der Waals surface area contributed by atoms with Crippen LogP contribution in [-0.2, 0) is 4.79 Å². The maximum absolute atomic E-state index is 12.5. The normalized spacial score (nSPS) is 13.3. The Morgan fingerprint density at radius 2 is 1.38 bits per heavy atom. The smallest absolute Gasteiger partial charge is 0.321 e. The van der Waals surface area contributed by atoms with Crippen LogP contribution in [0, 0.1) is 5.92 Å². The molecule has 0 bridgehead atoms. The van der Waals surface area contributed by atoms with Crippen LogP contribution in [0.3, 0.4) is 0 Å². The van der Waals surface area contributed by atoms with E-state index in [9.17, 15) is 19.2 Å². The lowest BCUT2D eigenvalue weighted by molar-refractivity contribution is -0.120. The Labute approximate surface area is 168 Å². The summed E-state index contributed by atoms with van der Waals surface area (Å²) >= 11 is 23.8. The van der Waals surface area contributed by atoms with Crippen molar-refractivity contribution in [3.05, 3.63) is 31.2 Å². The molecule has 1 aromatic carbocycles. The van der Waals surface area contributed by atoms with Gasteiger partial charge in [-0.1, -0.05) is 60.3 Å². The molecule has 0 radical (unpaired) electrons. The van der Waals surface area contributed by atoms with Gasteiger partial charge in [-0.15, -0.1) is 0 Å². The molecule has 0 fully saturated rings. The summed E-state index contributed by atoms with van der Waals surface area (Å²) in [5.41, 5.74) is -0.457. The van der Waals surface area contributed by atoms with E-state index in [1.165, 1.54) is 0 Å². The highest BCUT2D eigenvalue weighted by molar-refractivity contribution is 6.55. The highest BCUT2D eigenvalue weighted by atomic mass is 35.5. The maximum Gasteiger partial charge on any atom is 0.321 e. The summed E-state index contributed by atoms with van der Waals surface area (Å²) in [6.45, 7) is 3.42. The third-order valence-electron chi connectivity index (χ3n) is 3.41. The van der Waals surface area contributed by atoms with Gasteiger partial charge in [0.15, 0.2) is 0 Å². The molecule has 0 saturated carbocycles. The SMILES string of the molecule is CC(C)CNC(=O)NC(=O)CN1C(=O)c2c(Cl)c(Cl)c(Cl)c(Cl)c2C1=O. The Bertz CT molecular complexity index is 779. The van der Waals surface area contributed by atoms with E-state index in [0.29, 0.717) is 11.4 Å². The summed E-state index contributed by atoms with van der Waals surface area (Å²) in [6.07, 6.45) is 0. The lowest BCUT2D eigenvalue weighted by Gasteiger charge is -2.14. The number of amides is 5. The summed E-state index contributed by atoms with van der Waals surface area (Å²) in [6, 6.07) is -0.734. The van der Waals surface area contributed by atoms with E-state index in [4.69, 9.17) is 46.4 Å². The van der Waals surface area contributed by atoms with Gasteiger partial charge in [0, 0.05) is 6.54 Å². The largest absolute Gasteiger partial charge is 0.338 e. The van der Waals surface area contributed by atoms with Gasteiger partial charge in [-0.25, -0.2) is 4.79 Å². The fourth-order valence-electron chi connectivity index (χ4n) is 2.19.